The van der Waals surface area contributed by atoms with Crippen LogP contribution < -0.4 is 5.32 Å². The molecule has 0 aromatic carbocycles. The lowest BCUT2D eigenvalue weighted by Gasteiger charge is -2.26. The van der Waals surface area contributed by atoms with Crippen LogP contribution in [0.25, 0.3) is 5.82 Å². The number of pyridine rings is 1. The molecular formula is C22H24F2N6O. The maximum absolute atomic E-state index is 13.6. The summed E-state index contributed by atoms with van der Waals surface area (Å²) >= 11 is 0. The van der Waals surface area contributed by atoms with Crippen molar-refractivity contribution in [1.82, 2.24) is 25.0 Å². The molecule has 162 valence electrons. The SMILES string of the molecule is CC(F)(F)c1cccc(-n2cc3c(n2)CC[C@H](C(=O)N[C@@H]2C[C@@H]4CC[C@H]2N4C#N)C3)n1. The number of rotatable bonds is 4. The number of carbonyl (C=O) groups is 1. The average molecular weight is 426 g/mol. The Bertz CT molecular complexity index is 1060. The van der Waals surface area contributed by atoms with Crippen molar-refractivity contribution in [1.29, 1.82) is 5.26 Å². The molecule has 7 nitrogen and oxygen atoms in total. The van der Waals surface area contributed by atoms with Gasteiger partial charge in [0.25, 0.3) is 5.92 Å². The monoisotopic (exact) mass is 426 g/mol. The summed E-state index contributed by atoms with van der Waals surface area (Å²) in [5.41, 5.74) is 1.54. The van der Waals surface area contributed by atoms with Gasteiger partial charge in [0.15, 0.2) is 12.0 Å². The summed E-state index contributed by atoms with van der Waals surface area (Å²) in [5, 5.41) is 17.0. The van der Waals surface area contributed by atoms with Crippen molar-refractivity contribution in [2.75, 3.05) is 0 Å². The molecule has 1 amide bonds. The van der Waals surface area contributed by atoms with E-state index in [1.807, 2.05) is 4.90 Å². The van der Waals surface area contributed by atoms with Crippen molar-refractivity contribution in [2.24, 2.45) is 5.92 Å². The van der Waals surface area contributed by atoms with Gasteiger partial charge in [-0.1, -0.05) is 6.07 Å². The Labute approximate surface area is 179 Å². The van der Waals surface area contributed by atoms with Crippen molar-refractivity contribution in [3.05, 3.63) is 41.3 Å². The number of nitriles is 1. The summed E-state index contributed by atoms with van der Waals surface area (Å²) in [4.78, 5) is 18.8. The van der Waals surface area contributed by atoms with Gasteiger partial charge in [-0.2, -0.15) is 19.1 Å². The van der Waals surface area contributed by atoms with Gasteiger partial charge >= 0.3 is 0 Å². The first-order valence-electron chi connectivity index (χ1n) is 10.7. The molecule has 0 radical (unpaired) electrons. The highest BCUT2D eigenvalue weighted by atomic mass is 19.3. The molecule has 2 aromatic rings. The molecule has 4 heterocycles. The van der Waals surface area contributed by atoms with E-state index in [4.69, 9.17) is 0 Å². The first-order chi connectivity index (χ1) is 14.8. The number of aryl methyl sites for hydroxylation is 1. The number of aromatic nitrogens is 3. The predicted molar refractivity (Wildman–Crippen MR) is 107 cm³/mol. The van der Waals surface area contributed by atoms with Crippen molar-refractivity contribution in [3.63, 3.8) is 0 Å². The number of fused-ring (bicyclic) bond motifs is 3. The van der Waals surface area contributed by atoms with Crippen LogP contribution >= 0.6 is 0 Å². The molecule has 4 atom stereocenters. The number of nitrogens with one attached hydrogen (secondary N) is 1. The van der Waals surface area contributed by atoms with E-state index < -0.39 is 5.92 Å². The first kappa shape index (κ1) is 19.9. The van der Waals surface area contributed by atoms with Gasteiger partial charge in [0, 0.05) is 25.1 Å². The topological polar surface area (TPSA) is 86.8 Å². The van der Waals surface area contributed by atoms with E-state index in [0.717, 1.165) is 37.4 Å². The summed E-state index contributed by atoms with van der Waals surface area (Å²) in [6, 6.07) is 4.92. The zero-order valence-electron chi connectivity index (χ0n) is 17.3. The molecular weight excluding hydrogens is 402 g/mol. The second-order valence-corrected chi connectivity index (χ2v) is 8.91. The molecule has 31 heavy (non-hydrogen) atoms. The molecule has 1 aliphatic carbocycles. The maximum atomic E-state index is 13.6. The Morgan fingerprint density at radius 1 is 1.32 bits per heavy atom. The zero-order valence-corrected chi connectivity index (χ0v) is 17.3. The van der Waals surface area contributed by atoms with E-state index in [1.54, 1.807) is 18.3 Å². The van der Waals surface area contributed by atoms with Crippen LogP contribution in [0.4, 0.5) is 8.78 Å². The summed E-state index contributed by atoms with van der Waals surface area (Å²) in [6.07, 6.45) is 8.79. The van der Waals surface area contributed by atoms with E-state index >= 15 is 0 Å². The minimum atomic E-state index is -3.02. The molecule has 0 saturated carbocycles. The molecule has 2 aliphatic heterocycles. The molecule has 9 heteroatoms. The minimum absolute atomic E-state index is 0.0274. The normalized spacial score (nSPS) is 27.1. The van der Waals surface area contributed by atoms with Crippen LogP contribution in [0.2, 0.25) is 0 Å². The largest absolute Gasteiger partial charge is 0.351 e. The van der Waals surface area contributed by atoms with Gasteiger partial charge < -0.3 is 10.2 Å². The standard InChI is InChI=1S/C22H24F2N6O/c1-22(23,24)19-3-2-4-20(27-19)30-11-14-9-13(5-7-16(14)28-30)21(31)26-17-10-15-6-8-18(17)29(15)12-25/h2-4,11,13,15,17-18H,5-10H2,1H3,(H,26,31)/t13-,15-,17+,18+/m0/s1. The molecule has 5 rings (SSSR count). The predicted octanol–water partition coefficient (Wildman–Crippen LogP) is 2.69. The third-order valence-corrected chi connectivity index (χ3v) is 6.84. The van der Waals surface area contributed by atoms with Gasteiger partial charge in [0.05, 0.1) is 17.8 Å². The van der Waals surface area contributed by atoms with Crippen LogP contribution in [-0.4, -0.2) is 43.7 Å². The lowest BCUT2D eigenvalue weighted by molar-refractivity contribution is -0.126. The van der Waals surface area contributed by atoms with E-state index in [2.05, 4.69) is 21.6 Å². The lowest BCUT2D eigenvalue weighted by atomic mass is 9.86. The second-order valence-electron chi connectivity index (χ2n) is 8.91. The number of amides is 1. The van der Waals surface area contributed by atoms with Crippen molar-refractivity contribution >= 4 is 5.91 Å². The van der Waals surface area contributed by atoms with Crippen LogP contribution in [0.5, 0.6) is 0 Å². The number of halogens is 2. The lowest BCUT2D eigenvalue weighted by Crippen LogP contribution is -2.46. The van der Waals surface area contributed by atoms with E-state index in [-0.39, 0.29) is 35.6 Å². The quantitative estimate of drug-likeness (QED) is 0.760. The Morgan fingerprint density at radius 2 is 2.16 bits per heavy atom. The number of nitrogens with zero attached hydrogens (tertiary/aromatic N) is 5. The van der Waals surface area contributed by atoms with E-state index in [9.17, 15) is 18.8 Å². The molecule has 2 fully saturated rings. The van der Waals surface area contributed by atoms with Crippen LogP contribution in [-0.2, 0) is 23.6 Å². The van der Waals surface area contributed by atoms with Crippen molar-refractivity contribution in [3.8, 4) is 12.0 Å². The first-order valence-corrected chi connectivity index (χ1v) is 10.7. The highest BCUT2D eigenvalue weighted by molar-refractivity contribution is 5.79. The van der Waals surface area contributed by atoms with Gasteiger partial charge in [0.2, 0.25) is 5.91 Å². The highest BCUT2D eigenvalue weighted by Gasteiger charge is 2.47. The second kappa shape index (κ2) is 7.29. The number of alkyl halides is 2. The Hall–Kier alpha value is -3.02. The number of carbonyl (C=O) groups excluding carboxylic acids is 1. The average Bonchev–Trinajstić information content (AvgIpc) is 3.44. The fraction of sp³-hybridized carbons (Fsp3) is 0.545. The van der Waals surface area contributed by atoms with Crippen LogP contribution in [0.3, 0.4) is 0 Å². The number of hydrogen-bond acceptors (Lipinski definition) is 5. The molecule has 0 spiro atoms. The van der Waals surface area contributed by atoms with Gasteiger partial charge in [-0.3, -0.25) is 4.79 Å². The van der Waals surface area contributed by atoms with Gasteiger partial charge in [-0.05, 0) is 56.2 Å². The third-order valence-electron chi connectivity index (χ3n) is 6.84. The Kier molecular flexibility index (Phi) is 4.68. The van der Waals surface area contributed by atoms with Gasteiger partial charge in [-0.25, -0.2) is 9.67 Å². The molecule has 2 aromatic heterocycles. The summed E-state index contributed by atoms with van der Waals surface area (Å²) in [5.74, 6) is -2.81. The smallest absolute Gasteiger partial charge is 0.287 e. The van der Waals surface area contributed by atoms with Gasteiger partial charge in [-0.15, -0.1) is 0 Å². The van der Waals surface area contributed by atoms with Crippen LogP contribution in [0, 0.1) is 17.4 Å². The fourth-order valence-electron chi connectivity index (χ4n) is 5.24. The van der Waals surface area contributed by atoms with E-state index in [1.165, 1.54) is 10.7 Å². The molecule has 0 unspecified atom stereocenters. The van der Waals surface area contributed by atoms with Crippen molar-refractivity contribution < 1.29 is 13.6 Å². The summed E-state index contributed by atoms with van der Waals surface area (Å²) in [6.45, 7) is 0.822. The Morgan fingerprint density at radius 3 is 2.90 bits per heavy atom. The Balaban J connectivity index is 1.28. The van der Waals surface area contributed by atoms with Crippen LogP contribution in [0.15, 0.2) is 24.4 Å². The summed E-state index contributed by atoms with van der Waals surface area (Å²) in [7, 11) is 0. The van der Waals surface area contributed by atoms with E-state index in [0.29, 0.717) is 25.1 Å². The molecule has 3 aliphatic rings. The third kappa shape index (κ3) is 3.54. The molecule has 2 saturated heterocycles. The van der Waals surface area contributed by atoms with Crippen LogP contribution in [0.1, 0.15) is 49.6 Å². The maximum Gasteiger partial charge on any atom is 0.287 e. The van der Waals surface area contributed by atoms with Gasteiger partial charge in [0.1, 0.15) is 5.69 Å². The number of hydrogen-bond donors (Lipinski definition) is 1. The zero-order chi connectivity index (χ0) is 21.8. The molecule has 2 bridgehead atoms. The summed E-state index contributed by atoms with van der Waals surface area (Å²) < 4.78 is 28.8. The fourth-order valence-corrected chi connectivity index (χ4v) is 5.24. The minimum Gasteiger partial charge on any atom is -0.351 e. The highest BCUT2D eigenvalue weighted by Crippen LogP contribution is 2.37. The molecule has 1 N–H and O–H groups in total. The van der Waals surface area contributed by atoms with Crippen molar-refractivity contribution in [2.45, 2.75) is 69.5 Å².